The second kappa shape index (κ2) is 6.31. The molecule has 4 N–H and O–H groups in total. The molecule has 0 aliphatic rings. The molecule has 0 saturated heterocycles. The maximum absolute atomic E-state index is 12.0. The van der Waals surface area contributed by atoms with Crippen LogP contribution in [0.4, 0.5) is 5.69 Å². The van der Waals surface area contributed by atoms with Crippen molar-refractivity contribution in [3.8, 4) is 0 Å². The minimum absolute atomic E-state index is 0.201. The number of aromatic nitrogens is 1. The molecular weight excluding hydrogens is 260 g/mol. The van der Waals surface area contributed by atoms with Crippen LogP contribution in [0.3, 0.4) is 0 Å². The van der Waals surface area contributed by atoms with Gasteiger partial charge in [-0.05, 0) is 35.6 Å². The summed E-state index contributed by atoms with van der Waals surface area (Å²) in [6, 6.07) is 5.40. The normalized spacial score (nSPS) is 10.2. The quantitative estimate of drug-likeness (QED) is 0.576. The van der Waals surface area contributed by atoms with Gasteiger partial charge in [0.25, 0.3) is 5.91 Å². The molecule has 2 rings (SSSR count). The van der Waals surface area contributed by atoms with Crippen LogP contribution in [0.1, 0.15) is 27.9 Å². The van der Waals surface area contributed by atoms with E-state index >= 15 is 0 Å². The molecule has 0 bridgehead atoms. The van der Waals surface area contributed by atoms with E-state index in [2.05, 4.69) is 28.7 Å². The van der Waals surface area contributed by atoms with Crippen LogP contribution in [0.5, 0.6) is 0 Å². The molecule has 19 heavy (non-hydrogen) atoms. The van der Waals surface area contributed by atoms with Crippen LogP contribution >= 0.6 is 11.3 Å². The summed E-state index contributed by atoms with van der Waals surface area (Å²) >= 11 is 1.65. The minimum atomic E-state index is -0.201. The number of carbonyl (C=O) groups is 1. The van der Waals surface area contributed by atoms with E-state index in [0.717, 1.165) is 6.42 Å². The molecule has 6 heteroatoms. The zero-order chi connectivity index (χ0) is 13.7. The molecule has 0 spiro atoms. The number of pyridine rings is 1. The Hall–Kier alpha value is -1.92. The Bertz CT molecular complexity index is 567. The summed E-state index contributed by atoms with van der Waals surface area (Å²) < 4.78 is 0. The summed E-state index contributed by atoms with van der Waals surface area (Å²) in [5, 5.41) is 4.91. The number of hydrogen-bond donors (Lipinski definition) is 3. The molecule has 0 aromatic carbocycles. The van der Waals surface area contributed by atoms with E-state index in [4.69, 9.17) is 5.84 Å². The number of nitrogens with two attached hydrogens (primary N) is 1. The number of thiophene rings is 1. The van der Waals surface area contributed by atoms with Crippen LogP contribution in [0.2, 0.25) is 0 Å². The van der Waals surface area contributed by atoms with E-state index in [0.29, 0.717) is 17.9 Å². The molecule has 0 unspecified atom stereocenters. The average Bonchev–Trinajstić information content (AvgIpc) is 2.92. The highest BCUT2D eigenvalue weighted by Gasteiger charge is 2.09. The van der Waals surface area contributed by atoms with Gasteiger partial charge in [-0.15, -0.1) is 11.3 Å². The lowest BCUT2D eigenvalue weighted by molar-refractivity contribution is 0.0946. The van der Waals surface area contributed by atoms with Gasteiger partial charge in [0.1, 0.15) is 5.69 Å². The number of anilines is 1. The van der Waals surface area contributed by atoms with Gasteiger partial charge in [-0.2, -0.15) is 0 Å². The average molecular weight is 276 g/mol. The first-order valence-electron chi connectivity index (χ1n) is 6.00. The summed E-state index contributed by atoms with van der Waals surface area (Å²) in [6.45, 7) is 2.63. The molecule has 2 aromatic heterocycles. The fourth-order valence-corrected chi connectivity index (χ4v) is 2.65. The Labute approximate surface area is 115 Å². The van der Waals surface area contributed by atoms with Gasteiger partial charge in [-0.1, -0.05) is 6.92 Å². The van der Waals surface area contributed by atoms with Crippen molar-refractivity contribution in [2.45, 2.75) is 19.9 Å². The molecular formula is C13H16N4OS. The Morgan fingerprint density at radius 1 is 1.47 bits per heavy atom. The van der Waals surface area contributed by atoms with E-state index in [9.17, 15) is 4.79 Å². The van der Waals surface area contributed by atoms with Gasteiger partial charge in [-0.25, -0.2) is 0 Å². The number of hydrazine groups is 1. The Morgan fingerprint density at radius 3 is 3.05 bits per heavy atom. The largest absolute Gasteiger partial charge is 0.346 e. The molecule has 5 nitrogen and oxygen atoms in total. The monoisotopic (exact) mass is 276 g/mol. The topological polar surface area (TPSA) is 80.0 Å². The van der Waals surface area contributed by atoms with Crippen molar-refractivity contribution >= 4 is 22.9 Å². The number of hydrogen-bond acceptors (Lipinski definition) is 5. The smallest absolute Gasteiger partial charge is 0.270 e. The van der Waals surface area contributed by atoms with Crippen molar-refractivity contribution < 1.29 is 4.79 Å². The van der Waals surface area contributed by atoms with Gasteiger partial charge in [0.2, 0.25) is 0 Å². The first-order valence-corrected chi connectivity index (χ1v) is 6.88. The van der Waals surface area contributed by atoms with Crippen LogP contribution in [-0.4, -0.2) is 10.9 Å². The molecule has 0 aliphatic carbocycles. The number of nitrogens with zero attached hydrogens (tertiary/aromatic N) is 1. The molecule has 2 aromatic rings. The fourth-order valence-electron chi connectivity index (χ4n) is 1.73. The van der Waals surface area contributed by atoms with Crippen molar-refractivity contribution in [3.63, 3.8) is 0 Å². The lowest BCUT2D eigenvalue weighted by Gasteiger charge is -2.06. The molecule has 0 saturated carbocycles. The van der Waals surface area contributed by atoms with Crippen LogP contribution in [-0.2, 0) is 13.0 Å². The van der Waals surface area contributed by atoms with Crippen LogP contribution in [0.15, 0.2) is 29.8 Å². The van der Waals surface area contributed by atoms with Crippen molar-refractivity contribution in [2.24, 2.45) is 5.84 Å². The van der Waals surface area contributed by atoms with E-state index in [1.807, 2.05) is 5.38 Å². The van der Waals surface area contributed by atoms with Gasteiger partial charge in [0, 0.05) is 11.1 Å². The number of nitrogen functional groups attached to an aromatic ring is 1. The molecule has 2 heterocycles. The van der Waals surface area contributed by atoms with E-state index in [-0.39, 0.29) is 5.91 Å². The van der Waals surface area contributed by atoms with Crippen molar-refractivity contribution in [1.82, 2.24) is 10.3 Å². The molecule has 0 aliphatic heterocycles. The minimum Gasteiger partial charge on any atom is -0.346 e. The number of aryl methyl sites for hydroxylation is 1. The summed E-state index contributed by atoms with van der Waals surface area (Å²) in [5.41, 5.74) is 4.78. The lowest BCUT2D eigenvalue weighted by Crippen LogP contribution is -2.24. The molecule has 0 fully saturated rings. The summed E-state index contributed by atoms with van der Waals surface area (Å²) in [4.78, 5) is 17.2. The Morgan fingerprint density at radius 2 is 2.32 bits per heavy atom. The van der Waals surface area contributed by atoms with Crippen LogP contribution < -0.4 is 16.6 Å². The highest BCUT2D eigenvalue weighted by molar-refractivity contribution is 7.10. The first-order chi connectivity index (χ1) is 9.24. The number of nitrogens with one attached hydrogen (secondary N) is 2. The van der Waals surface area contributed by atoms with Gasteiger partial charge in [-0.3, -0.25) is 15.6 Å². The van der Waals surface area contributed by atoms with Gasteiger partial charge in [0.05, 0.1) is 12.2 Å². The van der Waals surface area contributed by atoms with Crippen LogP contribution in [0.25, 0.3) is 0 Å². The van der Waals surface area contributed by atoms with Gasteiger partial charge in [0.15, 0.2) is 0 Å². The third kappa shape index (κ3) is 3.30. The number of carbonyl (C=O) groups excluding carboxylic acids is 1. The maximum Gasteiger partial charge on any atom is 0.270 e. The van der Waals surface area contributed by atoms with Crippen molar-refractivity contribution in [1.29, 1.82) is 0 Å². The fraction of sp³-hybridized carbons (Fsp3) is 0.231. The lowest BCUT2D eigenvalue weighted by atomic mass is 10.2. The zero-order valence-electron chi connectivity index (χ0n) is 10.6. The highest BCUT2D eigenvalue weighted by Crippen LogP contribution is 2.17. The summed E-state index contributed by atoms with van der Waals surface area (Å²) in [6.07, 6.45) is 2.52. The van der Waals surface area contributed by atoms with Crippen molar-refractivity contribution in [2.75, 3.05) is 5.43 Å². The first kappa shape index (κ1) is 13.5. The number of rotatable bonds is 5. The second-order valence-corrected chi connectivity index (χ2v) is 4.98. The molecule has 100 valence electrons. The SMILES string of the molecule is CCc1ccsc1CNC(=O)c1cc(NN)ccn1. The number of amides is 1. The summed E-state index contributed by atoms with van der Waals surface area (Å²) in [7, 11) is 0. The predicted molar refractivity (Wildman–Crippen MR) is 76.9 cm³/mol. The maximum atomic E-state index is 12.0. The van der Waals surface area contributed by atoms with E-state index < -0.39 is 0 Å². The zero-order valence-corrected chi connectivity index (χ0v) is 11.5. The van der Waals surface area contributed by atoms with Gasteiger partial charge >= 0.3 is 0 Å². The third-order valence-electron chi connectivity index (χ3n) is 2.79. The molecule has 1 amide bonds. The second-order valence-electron chi connectivity index (χ2n) is 3.98. The third-order valence-corrected chi connectivity index (χ3v) is 3.75. The van der Waals surface area contributed by atoms with Gasteiger partial charge < -0.3 is 10.7 Å². The van der Waals surface area contributed by atoms with E-state index in [1.54, 1.807) is 29.7 Å². The Balaban J connectivity index is 2.01. The van der Waals surface area contributed by atoms with Crippen LogP contribution in [0, 0.1) is 0 Å². The van der Waals surface area contributed by atoms with E-state index in [1.165, 1.54) is 10.4 Å². The standard InChI is InChI=1S/C13H16N4OS/c1-2-9-4-6-19-12(9)8-16-13(18)11-7-10(17-14)3-5-15-11/h3-7H,2,8,14H2,1H3,(H,15,17)(H,16,18). The summed E-state index contributed by atoms with van der Waals surface area (Å²) in [5.74, 6) is 5.10. The highest BCUT2D eigenvalue weighted by atomic mass is 32.1. The Kier molecular flexibility index (Phi) is 4.48. The molecule has 0 radical (unpaired) electrons. The van der Waals surface area contributed by atoms with Crippen molar-refractivity contribution in [3.05, 3.63) is 45.9 Å². The molecule has 0 atom stereocenters. The predicted octanol–water partition coefficient (Wildman–Crippen LogP) is 1.92.